The maximum absolute atomic E-state index is 12.5. The molecule has 1 aliphatic carbocycles. The Balaban J connectivity index is 1.44. The number of morpholine rings is 1. The SMILES string of the molecule is CCS(=O)(=O)c1n[nH]c2nc(Nc3ccc(N4CCOCC4)cc3)nc(NC3CC3)c12. The van der Waals surface area contributed by atoms with Gasteiger partial charge in [0.25, 0.3) is 0 Å². The summed E-state index contributed by atoms with van der Waals surface area (Å²) in [4.78, 5) is 11.3. The first-order valence-electron chi connectivity index (χ1n) is 10.5. The predicted octanol–water partition coefficient (Wildman–Crippen LogP) is 2.30. The van der Waals surface area contributed by atoms with Gasteiger partial charge in [-0.1, -0.05) is 6.92 Å². The number of nitrogens with zero attached hydrogens (tertiary/aromatic N) is 4. The maximum Gasteiger partial charge on any atom is 0.231 e. The first kappa shape index (κ1) is 20.0. The molecule has 3 N–H and O–H groups in total. The first-order valence-corrected chi connectivity index (χ1v) is 12.1. The summed E-state index contributed by atoms with van der Waals surface area (Å²) in [5, 5.41) is 13.8. The largest absolute Gasteiger partial charge is 0.378 e. The van der Waals surface area contributed by atoms with E-state index in [-0.39, 0.29) is 10.8 Å². The second kappa shape index (κ2) is 7.97. The number of sulfone groups is 1. The summed E-state index contributed by atoms with van der Waals surface area (Å²) in [5.74, 6) is 0.824. The Kier molecular flexibility index (Phi) is 5.14. The minimum Gasteiger partial charge on any atom is -0.378 e. The van der Waals surface area contributed by atoms with Gasteiger partial charge in [-0.3, -0.25) is 5.10 Å². The van der Waals surface area contributed by atoms with Crippen molar-refractivity contribution in [3.05, 3.63) is 24.3 Å². The van der Waals surface area contributed by atoms with E-state index in [1.165, 1.54) is 0 Å². The zero-order valence-electron chi connectivity index (χ0n) is 17.3. The molecule has 0 unspecified atom stereocenters. The maximum atomic E-state index is 12.5. The van der Waals surface area contributed by atoms with Crippen LogP contribution in [0.4, 0.5) is 23.1 Å². The molecule has 2 aromatic heterocycles. The summed E-state index contributed by atoms with van der Waals surface area (Å²) in [6.45, 7) is 4.84. The Morgan fingerprint density at radius 1 is 1.16 bits per heavy atom. The number of rotatable bonds is 7. The molecule has 0 radical (unpaired) electrons. The Hall–Kier alpha value is -2.92. The number of H-pyrrole nitrogens is 1. The third kappa shape index (κ3) is 4.15. The van der Waals surface area contributed by atoms with Crippen molar-refractivity contribution in [2.45, 2.75) is 30.8 Å². The Bertz CT molecular complexity index is 1180. The van der Waals surface area contributed by atoms with Crippen molar-refractivity contribution < 1.29 is 13.2 Å². The zero-order valence-corrected chi connectivity index (χ0v) is 18.1. The van der Waals surface area contributed by atoms with Gasteiger partial charge in [0, 0.05) is 30.5 Å². The molecule has 0 atom stereocenters. The number of aromatic nitrogens is 4. The second-order valence-corrected chi connectivity index (χ2v) is 9.94. The van der Waals surface area contributed by atoms with Crippen LogP contribution >= 0.6 is 0 Å². The molecule has 164 valence electrons. The Morgan fingerprint density at radius 3 is 2.58 bits per heavy atom. The molecular formula is C20H25N7O3S. The highest BCUT2D eigenvalue weighted by atomic mass is 32.2. The molecule has 3 aromatic rings. The van der Waals surface area contributed by atoms with Crippen LogP contribution in [0.3, 0.4) is 0 Å². The average Bonchev–Trinajstić information content (AvgIpc) is 3.49. The van der Waals surface area contributed by atoms with Crippen LogP contribution in [-0.2, 0) is 14.6 Å². The van der Waals surface area contributed by atoms with Gasteiger partial charge in [0.2, 0.25) is 5.95 Å². The molecule has 31 heavy (non-hydrogen) atoms. The summed E-state index contributed by atoms with van der Waals surface area (Å²) < 4.78 is 30.4. The van der Waals surface area contributed by atoms with Gasteiger partial charge in [-0.25, -0.2) is 8.42 Å². The van der Waals surface area contributed by atoms with Crippen LogP contribution in [0.5, 0.6) is 0 Å². The minimum absolute atomic E-state index is 0.00503. The molecule has 1 saturated heterocycles. The van der Waals surface area contributed by atoms with Gasteiger partial charge in [-0.15, -0.1) is 0 Å². The molecule has 2 aliphatic rings. The smallest absolute Gasteiger partial charge is 0.231 e. The molecule has 0 spiro atoms. The first-order chi connectivity index (χ1) is 15.0. The number of nitrogens with one attached hydrogen (secondary N) is 3. The van der Waals surface area contributed by atoms with Gasteiger partial charge in [-0.2, -0.15) is 15.1 Å². The van der Waals surface area contributed by atoms with E-state index in [0.29, 0.717) is 28.8 Å². The molecule has 5 rings (SSSR count). The fourth-order valence-corrected chi connectivity index (χ4v) is 4.52. The number of ether oxygens (including phenoxy) is 1. The molecule has 1 aliphatic heterocycles. The van der Waals surface area contributed by atoms with Crippen LogP contribution < -0.4 is 15.5 Å². The molecule has 2 fully saturated rings. The normalized spacial score (nSPS) is 17.1. The number of hydrogen-bond acceptors (Lipinski definition) is 9. The number of anilines is 4. The second-order valence-electron chi connectivity index (χ2n) is 7.74. The number of benzene rings is 1. The van der Waals surface area contributed by atoms with E-state index in [2.05, 4.69) is 47.8 Å². The van der Waals surface area contributed by atoms with E-state index in [4.69, 9.17) is 4.74 Å². The quantitative estimate of drug-likeness (QED) is 0.504. The number of fused-ring (bicyclic) bond motifs is 1. The lowest BCUT2D eigenvalue weighted by Crippen LogP contribution is -2.36. The van der Waals surface area contributed by atoms with Crippen LogP contribution in [0, 0.1) is 0 Å². The molecule has 1 aromatic carbocycles. The van der Waals surface area contributed by atoms with Gasteiger partial charge in [0.05, 0.1) is 19.0 Å². The monoisotopic (exact) mass is 443 g/mol. The molecule has 10 nitrogen and oxygen atoms in total. The third-order valence-electron chi connectivity index (χ3n) is 5.48. The lowest BCUT2D eigenvalue weighted by Gasteiger charge is -2.28. The van der Waals surface area contributed by atoms with Gasteiger partial charge < -0.3 is 20.3 Å². The molecule has 0 amide bonds. The highest BCUT2D eigenvalue weighted by molar-refractivity contribution is 7.91. The average molecular weight is 444 g/mol. The summed E-state index contributed by atoms with van der Waals surface area (Å²) in [6.07, 6.45) is 2.07. The van der Waals surface area contributed by atoms with E-state index in [9.17, 15) is 8.42 Å². The summed E-state index contributed by atoms with van der Waals surface area (Å²) in [6, 6.07) is 8.36. The lowest BCUT2D eigenvalue weighted by atomic mass is 10.2. The molecule has 11 heteroatoms. The zero-order chi connectivity index (χ0) is 21.4. The molecule has 1 saturated carbocycles. The van der Waals surface area contributed by atoms with Crippen molar-refractivity contribution in [1.29, 1.82) is 0 Å². The van der Waals surface area contributed by atoms with Crippen molar-refractivity contribution in [2.24, 2.45) is 0 Å². The van der Waals surface area contributed by atoms with E-state index in [0.717, 1.165) is 50.5 Å². The van der Waals surface area contributed by atoms with Gasteiger partial charge in [0.15, 0.2) is 20.5 Å². The van der Waals surface area contributed by atoms with Gasteiger partial charge in [0.1, 0.15) is 11.2 Å². The fourth-order valence-electron chi connectivity index (χ4n) is 3.55. The minimum atomic E-state index is -3.50. The van der Waals surface area contributed by atoms with Crippen LogP contribution in [0.15, 0.2) is 29.3 Å². The fraction of sp³-hybridized carbons (Fsp3) is 0.450. The summed E-state index contributed by atoms with van der Waals surface area (Å²) in [7, 11) is -3.50. The lowest BCUT2D eigenvalue weighted by molar-refractivity contribution is 0.122. The number of hydrogen-bond donors (Lipinski definition) is 3. The van der Waals surface area contributed by atoms with Crippen molar-refractivity contribution >= 4 is 44.0 Å². The van der Waals surface area contributed by atoms with Gasteiger partial charge >= 0.3 is 0 Å². The molecule has 0 bridgehead atoms. The third-order valence-corrected chi connectivity index (χ3v) is 7.12. The summed E-state index contributed by atoms with van der Waals surface area (Å²) >= 11 is 0. The van der Waals surface area contributed by atoms with Crippen molar-refractivity contribution in [2.75, 3.05) is 47.6 Å². The molecular weight excluding hydrogens is 418 g/mol. The van der Waals surface area contributed by atoms with E-state index in [1.807, 2.05) is 12.1 Å². The van der Waals surface area contributed by atoms with Crippen molar-refractivity contribution in [3.8, 4) is 0 Å². The number of aromatic amines is 1. The van der Waals surface area contributed by atoms with E-state index >= 15 is 0 Å². The topological polar surface area (TPSA) is 125 Å². The van der Waals surface area contributed by atoms with E-state index < -0.39 is 9.84 Å². The van der Waals surface area contributed by atoms with Crippen LogP contribution in [0.25, 0.3) is 11.0 Å². The van der Waals surface area contributed by atoms with Crippen LogP contribution in [-0.4, -0.2) is 66.7 Å². The van der Waals surface area contributed by atoms with Crippen LogP contribution in [0.2, 0.25) is 0 Å². The summed E-state index contributed by atoms with van der Waals surface area (Å²) in [5.41, 5.74) is 2.37. The van der Waals surface area contributed by atoms with E-state index in [1.54, 1.807) is 6.92 Å². The highest BCUT2D eigenvalue weighted by Crippen LogP contribution is 2.32. The van der Waals surface area contributed by atoms with Crippen molar-refractivity contribution in [1.82, 2.24) is 20.2 Å². The predicted molar refractivity (Wildman–Crippen MR) is 119 cm³/mol. The molecule has 3 heterocycles. The standard InChI is InChI=1S/C20H25N7O3S/c1-2-31(28,29)19-16-17(21-13-3-4-13)23-20(24-18(16)25-26-19)22-14-5-7-15(8-6-14)27-9-11-30-12-10-27/h5-8,13H,2-4,9-12H2,1H3,(H3,21,22,23,24,25,26). The Morgan fingerprint density at radius 2 is 1.90 bits per heavy atom. The van der Waals surface area contributed by atoms with Crippen molar-refractivity contribution in [3.63, 3.8) is 0 Å². The highest BCUT2D eigenvalue weighted by Gasteiger charge is 2.28. The van der Waals surface area contributed by atoms with Gasteiger partial charge in [-0.05, 0) is 37.1 Å². The Labute approximate surface area is 180 Å². The van der Waals surface area contributed by atoms with Crippen LogP contribution in [0.1, 0.15) is 19.8 Å².